The third kappa shape index (κ3) is 5.33. The summed E-state index contributed by atoms with van der Waals surface area (Å²) in [5, 5.41) is 5.37. The van der Waals surface area contributed by atoms with Crippen LogP contribution in [0, 0.1) is 10.1 Å². The minimum Gasteiger partial charge on any atom is -0.465 e. The molecule has 0 aliphatic rings. The molecule has 6 nitrogen and oxygen atoms in total. The molecule has 0 saturated heterocycles. The number of nitrogens with zero attached hydrogens (tertiary/aromatic N) is 1. The lowest BCUT2D eigenvalue weighted by Gasteiger charge is -2.27. The van der Waals surface area contributed by atoms with Gasteiger partial charge in [0.15, 0.2) is 0 Å². The van der Waals surface area contributed by atoms with Crippen molar-refractivity contribution in [3.63, 3.8) is 0 Å². The van der Waals surface area contributed by atoms with Gasteiger partial charge in [-0.1, -0.05) is 0 Å². The van der Waals surface area contributed by atoms with Gasteiger partial charge in [-0.15, -0.1) is 0 Å². The number of ether oxygens (including phenoxy) is 1. The lowest BCUT2D eigenvalue weighted by molar-refractivity contribution is -0.388. The summed E-state index contributed by atoms with van der Waals surface area (Å²) in [6.45, 7) is 1.36. The maximum Gasteiger partial charge on any atom is 0.460 e. The predicted octanol–water partition coefficient (Wildman–Crippen LogP) is 4.15. The van der Waals surface area contributed by atoms with Crippen molar-refractivity contribution in [1.29, 1.82) is 0 Å². The van der Waals surface area contributed by atoms with E-state index in [1.165, 1.54) is 6.92 Å². The van der Waals surface area contributed by atoms with Gasteiger partial charge in [0.25, 0.3) is 5.69 Å². The Morgan fingerprint density at radius 3 is 2.25 bits per heavy atom. The Kier molecular flexibility index (Phi) is 7.44. The molecular formula is C13H10F7NO5S2. The van der Waals surface area contributed by atoms with E-state index in [4.69, 9.17) is 0 Å². The standard InChI is InChI=1S/C13H10F7NO5S2/c1-2-26-10(22)6-28(25)9-4-3-7(5-8(9)21(23)24)27-13(19,20)11(14,15)12(16,17)18/h3-5H,2,6H2,1H3. The van der Waals surface area contributed by atoms with E-state index in [1.54, 1.807) is 0 Å². The van der Waals surface area contributed by atoms with Crippen LogP contribution in [0.4, 0.5) is 36.4 Å². The number of hydrogen-bond donors (Lipinski definition) is 0. The van der Waals surface area contributed by atoms with Gasteiger partial charge in [0, 0.05) is 11.0 Å². The minimum absolute atomic E-state index is 0.0732. The van der Waals surface area contributed by atoms with E-state index < -0.39 is 72.0 Å². The Labute approximate surface area is 159 Å². The van der Waals surface area contributed by atoms with Crippen LogP contribution in [0.1, 0.15) is 6.92 Å². The van der Waals surface area contributed by atoms with Crippen molar-refractivity contribution >= 4 is 34.2 Å². The fraction of sp³-hybridized carbons (Fsp3) is 0.462. The first-order valence-corrected chi connectivity index (χ1v) is 9.11. The van der Waals surface area contributed by atoms with E-state index in [1.807, 2.05) is 0 Å². The van der Waals surface area contributed by atoms with E-state index in [0.29, 0.717) is 12.1 Å². The van der Waals surface area contributed by atoms with Gasteiger partial charge in [-0.25, -0.2) is 0 Å². The van der Waals surface area contributed by atoms with E-state index in [9.17, 15) is 49.9 Å². The summed E-state index contributed by atoms with van der Waals surface area (Å²) in [5.41, 5.74) is -1.10. The summed E-state index contributed by atoms with van der Waals surface area (Å²) in [7, 11) is -2.35. The number of thioether (sulfide) groups is 1. The number of nitro groups is 1. The van der Waals surface area contributed by atoms with Crippen LogP contribution in [0.3, 0.4) is 0 Å². The number of alkyl halides is 7. The predicted molar refractivity (Wildman–Crippen MR) is 82.8 cm³/mol. The molecule has 0 N–H and O–H groups in total. The molecule has 1 atom stereocenters. The molecule has 1 unspecified atom stereocenters. The summed E-state index contributed by atoms with van der Waals surface area (Å²) in [5.74, 6) is -8.21. The number of esters is 1. The Morgan fingerprint density at radius 1 is 1.21 bits per heavy atom. The summed E-state index contributed by atoms with van der Waals surface area (Å²) in [6, 6.07) is 1.44. The number of carbonyl (C=O) groups excluding carboxylic acids is 1. The van der Waals surface area contributed by atoms with Crippen LogP contribution < -0.4 is 0 Å². The molecule has 0 amide bonds. The largest absolute Gasteiger partial charge is 0.465 e. The molecular weight excluding hydrogens is 447 g/mol. The monoisotopic (exact) mass is 457 g/mol. The van der Waals surface area contributed by atoms with Gasteiger partial charge < -0.3 is 4.74 Å². The fourth-order valence-corrected chi connectivity index (χ4v) is 3.55. The van der Waals surface area contributed by atoms with Crippen molar-refractivity contribution in [1.82, 2.24) is 0 Å². The second kappa shape index (κ2) is 8.63. The van der Waals surface area contributed by atoms with Crippen LogP contribution in [-0.2, 0) is 20.3 Å². The molecule has 15 heteroatoms. The van der Waals surface area contributed by atoms with Crippen LogP contribution in [0.15, 0.2) is 28.0 Å². The minimum atomic E-state index is -6.56. The van der Waals surface area contributed by atoms with Crippen molar-refractivity contribution in [2.24, 2.45) is 0 Å². The molecule has 0 aliphatic heterocycles. The number of benzene rings is 1. The van der Waals surface area contributed by atoms with Crippen molar-refractivity contribution in [3.05, 3.63) is 28.3 Å². The summed E-state index contributed by atoms with van der Waals surface area (Å²) >= 11 is -1.24. The molecule has 1 rings (SSSR count). The van der Waals surface area contributed by atoms with Gasteiger partial charge in [0.05, 0.1) is 22.3 Å². The Morgan fingerprint density at radius 2 is 1.79 bits per heavy atom. The molecule has 1 aromatic rings. The number of rotatable bonds is 8. The van der Waals surface area contributed by atoms with Gasteiger partial charge in [-0.05, 0) is 30.8 Å². The molecule has 0 heterocycles. The molecule has 0 aliphatic carbocycles. The van der Waals surface area contributed by atoms with E-state index in [2.05, 4.69) is 4.74 Å². The molecule has 0 radical (unpaired) electrons. The first-order chi connectivity index (χ1) is 12.6. The van der Waals surface area contributed by atoms with Crippen LogP contribution in [-0.4, -0.2) is 44.8 Å². The van der Waals surface area contributed by atoms with Gasteiger partial charge in [-0.3, -0.25) is 19.1 Å². The maximum absolute atomic E-state index is 13.4. The lowest BCUT2D eigenvalue weighted by Crippen LogP contribution is -2.49. The van der Waals surface area contributed by atoms with Gasteiger partial charge >= 0.3 is 23.3 Å². The highest BCUT2D eigenvalue weighted by Gasteiger charge is 2.73. The highest BCUT2D eigenvalue weighted by molar-refractivity contribution is 8.00. The summed E-state index contributed by atoms with van der Waals surface area (Å²) in [6.07, 6.45) is -6.56. The quantitative estimate of drug-likeness (QED) is 0.192. The molecule has 0 fully saturated rings. The number of nitro benzene ring substituents is 1. The number of halogens is 7. The van der Waals surface area contributed by atoms with Gasteiger partial charge in [0.1, 0.15) is 10.6 Å². The smallest absolute Gasteiger partial charge is 0.460 e. The SMILES string of the molecule is CCOC(=O)CS(=O)c1ccc(SC(F)(F)C(F)(F)C(F)(F)F)cc1[N+](=O)[O-]. The molecule has 0 spiro atoms. The molecule has 0 saturated carbocycles. The highest BCUT2D eigenvalue weighted by atomic mass is 32.2. The molecule has 0 bridgehead atoms. The van der Waals surface area contributed by atoms with Crippen molar-refractivity contribution in [2.75, 3.05) is 12.4 Å². The average molecular weight is 457 g/mol. The van der Waals surface area contributed by atoms with Crippen molar-refractivity contribution in [3.8, 4) is 0 Å². The first kappa shape index (κ1) is 24.1. The number of hydrogen-bond acceptors (Lipinski definition) is 6. The topological polar surface area (TPSA) is 86.5 Å². The third-order valence-corrected chi connectivity index (χ3v) is 5.23. The Hall–Kier alpha value is -1.90. The van der Waals surface area contributed by atoms with Gasteiger partial charge in [0.2, 0.25) is 0 Å². The van der Waals surface area contributed by atoms with Crippen LogP contribution >= 0.6 is 11.8 Å². The second-order valence-electron chi connectivity index (χ2n) is 4.87. The molecule has 158 valence electrons. The zero-order valence-electron chi connectivity index (χ0n) is 13.6. The molecule has 28 heavy (non-hydrogen) atoms. The molecule has 0 aromatic heterocycles. The van der Waals surface area contributed by atoms with Crippen molar-refractivity contribution in [2.45, 2.75) is 34.1 Å². The molecule has 1 aromatic carbocycles. The second-order valence-corrected chi connectivity index (χ2v) is 7.48. The van der Waals surface area contributed by atoms with Crippen LogP contribution in [0.25, 0.3) is 0 Å². The average Bonchev–Trinajstić information content (AvgIpc) is 2.53. The summed E-state index contributed by atoms with van der Waals surface area (Å²) in [4.78, 5) is 19.5. The zero-order valence-corrected chi connectivity index (χ0v) is 15.2. The van der Waals surface area contributed by atoms with E-state index >= 15 is 0 Å². The number of carbonyl (C=O) groups is 1. The van der Waals surface area contributed by atoms with E-state index in [0.717, 1.165) is 0 Å². The summed E-state index contributed by atoms with van der Waals surface area (Å²) < 4.78 is 106. The van der Waals surface area contributed by atoms with Gasteiger partial charge in [-0.2, -0.15) is 30.7 Å². The van der Waals surface area contributed by atoms with Crippen LogP contribution in [0.2, 0.25) is 0 Å². The normalized spacial score (nSPS) is 13.9. The van der Waals surface area contributed by atoms with Crippen LogP contribution in [0.5, 0.6) is 0 Å². The van der Waals surface area contributed by atoms with E-state index in [-0.39, 0.29) is 12.7 Å². The van der Waals surface area contributed by atoms with Crippen molar-refractivity contribution < 1.29 is 49.4 Å². The third-order valence-electron chi connectivity index (χ3n) is 2.89. The highest BCUT2D eigenvalue weighted by Crippen LogP contribution is 2.54. The lowest BCUT2D eigenvalue weighted by atomic mass is 10.3. The Bertz CT molecular complexity index is 785. The fourth-order valence-electron chi connectivity index (χ4n) is 1.66. The first-order valence-electron chi connectivity index (χ1n) is 6.97. The zero-order chi connectivity index (χ0) is 21.9. The maximum atomic E-state index is 13.4. The Balaban J connectivity index is 3.22.